The molecule has 1 heterocycles. The number of rotatable bonds is 6. The average molecular weight is 359 g/mol. The fourth-order valence-corrected chi connectivity index (χ4v) is 3.52. The summed E-state index contributed by atoms with van der Waals surface area (Å²) in [5.41, 5.74) is 17.2. The number of hydrogen-bond donors (Lipinski definition) is 3. The average Bonchev–Trinajstić information content (AvgIpc) is 3.20. The van der Waals surface area contributed by atoms with Crippen molar-refractivity contribution in [2.75, 3.05) is 12.3 Å². The normalized spacial score (nSPS) is 19.1. The van der Waals surface area contributed by atoms with Gasteiger partial charge in [-0.1, -0.05) is 54.6 Å². The van der Waals surface area contributed by atoms with Crippen LogP contribution < -0.4 is 21.3 Å². The third-order valence-electron chi connectivity index (χ3n) is 4.98. The summed E-state index contributed by atoms with van der Waals surface area (Å²) in [6.07, 6.45) is 1.88. The van der Waals surface area contributed by atoms with Crippen LogP contribution in [-0.4, -0.2) is 6.61 Å². The quantitative estimate of drug-likeness (QED) is 0.578. The second-order valence-corrected chi connectivity index (χ2v) is 6.96. The molecule has 0 amide bonds. The van der Waals surface area contributed by atoms with Gasteiger partial charge in [-0.25, -0.2) is 10.9 Å². The number of nitrogens with two attached hydrogens (primary N) is 1. The van der Waals surface area contributed by atoms with Gasteiger partial charge in [0, 0.05) is 24.2 Å². The number of hydrazine groups is 1. The third kappa shape index (κ3) is 4.48. The van der Waals surface area contributed by atoms with Crippen molar-refractivity contribution in [3.05, 3.63) is 95.6 Å². The van der Waals surface area contributed by atoms with Gasteiger partial charge in [-0.3, -0.25) is 0 Å². The van der Waals surface area contributed by atoms with E-state index in [1.54, 1.807) is 0 Å². The van der Waals surface area contributed by atoms with Crippen molar-refractivity contribution in [2.45, 2.75) is 24.9 Å². The summed E-state index contributed by atoms with van der Waals surface area (Å²) in [4.78, 5) is 0. The molecule has 1 saturated heterocycles. The maximum Gasteiger partial charge on any atom is 0.119 e. The van der Waals surface area contributed by atoms with E-state index in [2.05, 4.69) is 59.4 Å². The van der Waals surface area contributed by atoms with Gasteiger partial charge in [-0.15, -0.1) is 0 Å². The molecule has 1 aliphatic rings. The predicted octanol–water partition coefficient (Wildman–Crippen LogP) is 4.17. The standard InChI is InChI=1S/C23H25N3O/c24-20-10-4-8-18(14-20)22-16-23(26-25-22)19-9-5-11-21(15-19)27-13-12-17-6-2-1-3-7-17/h1-11,14-15,22-23,25-26H,12-13,16,24H2. The smallest absolute Gasteiger partial charge is 0.119 e. The van der Waals surface area contributed by atoms with Crippen LogP contribution in [0.4, 0.5) is 5.69 Å². The molecule has 4 rings (SSSR count). The van der Waals surface area contributed by atoms with Gasteiger partial charge < -0.3 is 10.5 Å². The molecular formula is C23H25N3O. The van der Waals surface area contributed by atoms with Crippen LogP contribution in [0.25, 0.3) is 0 Å². The zero-order valence-corrected chi connectivity index (χ0v) is 15.3. The van der Waals surface area contributed by atoms with Gasteiger partial charge in [-0.05, 0) is 47.4 Å². The number of ether oxygens (including phenoxy) is 1. The summed E-state index contributed by atoms with van der Waals surface area (Å²) in [5, 5.41) is 0. The maximum atomic E-state index is 5.97. The molecule has 1 aliphatic heterocycles. The summed E-state index contributed by atoms with van der Waals surface area (Å²) < 4.78 is 5.97. The van der Waals surface area contributed by atoms with Crippen LogP contribution in [0.2, 0.25) is 0 Å². The van der Waals surface area contributed by atoms with E-state index in [1.807, 2.05) is 30.3 Å². The van der Waals surface area contributed by atoms with Crippen LogP contribution in [0.1, 0.15) is 35.2 Å². The molecule has 1 fully saturated rings. The molecule has 0 saturated carbocycles. The van der Waals surface area contributed by atoms with Crippen molar-refractivity contribution in [1.82, 2.24) is 10.9 Å². The summed E-state index contributed by atoms with van der Waals surface area (Å²) in [7, 11) is 0. The van der Waals surface area contributed by atoms with Gasteiger partial charge in [0.25, 0.3) is 0 Å². The number of anilines is 1. The summed E-state index contributed by atoms with van der Waals surface area (Å²) >= 11 is 0. The van der Waals surface area contributed by atoms with Crippen molar-refractivity contribution in [3.63, 3.8) is 0 Å². The van der Waals surface area contributed by atoms with E-state index < -0.39 is 0 Å². The first-order valence-electron chi connectivity index (χ1n) is 9.41. The van der Waals surface area contributed by atoms with E-state index in [9.17, 15) is 0 Å². The minimum atomic E-state index is 0.245. The molecular weight excluding hydrogens is 334 g/mol. The van der Waals surface area contributed by atoms with E-state index >= 15 is 0 Å². The fourth-order valence-electron chi connectivity index (χ4n) is 3.52. The molecule has 0 bridgehead atoms. The van der Waals surface area contributed by atoms with Gasteiger partial charge in [-0.2, -0.15) is 0 Å². The van der Waals surface area contributed by atoms with Crippen LogP contribution in [0.3, 0.4) is 0 Å². The molecule has 138 valence electrons. The Morgan fingerprint density at radius 3 is 2.26 bits per heavy atom. The molecule has 4 nitrogen and oxygen atoms in total. The SMILES string of the molecule is Nc1cccc(C2CC(c3cccc(OCCc4ccccc4)c3)NN2)c1. The van der Waals surface area contributed by atoms with Crippen molar-refractivity contribution in [1.29, 1.82) is 0 Å². The molecule has 27 heavy (non-hydrogen) atoms. The highest BCUT2D eigenvalue weighted by atomic mass is 16.5. The van der Waals surface area contributed by atoms with Gasteiger partial charge in [0.2, 0.25) is 0 Å². The van der Waals surface area contributed by atoms with Crippen LogP contribution in [0, 0.1) is 0 Å². The highest BCUT2D eigenvalue weighted by Crippen LogP contribution is 2.32. The number of benzene rings is 3. The molecule has 3 aromatic carbocycles. The van der Waals surface area contributed by atoms with Gasteiger partial charge >= 0.3 is 0 Å². The lowest BCUT2D eigenvalue weighted by molar-refractivity contribution is 0.321. The van der Waals surface area contributed by atoms with Crippen molar-refractivity contribution >= 4 is 5.69 Å². The Morgan fingerprint density at radius 2 is 1.52 bits per heavy atom. The Morgan fingerprint density at radius 1 is 0.815 bits per heavy atom. The molecule has 0 spiro atoms. The number of nitrogens with one attached hydrogen (secondary N) is 2. The van der Waals surface area contributed by atoms with Crippen molar-refractivity contribution in [2.24, 2.45) is 0 Å². The fraction of sp³-hybridized carbons (Fsp3) is 0.217. The predicted molar refractivity (Wildman–Crippen MR) is 109 cm³/mol. The van der Waals surface area contributed by atoms with Gasteiger partial charge in [0.15, 0.2) is 0 Å². The first-order valence-corrected chi connectivity index (χ1v) is 9.41. The molecule has 0 aliphatic carbocycles. The second-order valence-electron chi connectivity index (χ2n) is 6.96. The van der Waals surface area contributed by atoms with E-state index in [-0.39, 0.29) is 12.1 Å². The second kappa shape index (κ2) is 8.25. The molecule has 0 aromatic heterocycles. The molecule has 2 atom stereocenters. The van der Waals surface area contributed by atoms with E-state index in [1.165, 1.54) is 16.7 Å². The molecule has 3 aromatic rings. The molecule has 0 radical (unpaired) electrons. The lowest BCUT2D eigenvalue weighted by atomic mass is 9.97. The third-order valence-corrected chi connectivity index (χ3v) is 4.98. The zero-order valence-electron chi connectivity index (χ0n) is 15.3. The molecule has 4 heteroatoms. The first kappa shape index (κ1) is 17.6. The Hall–Kier alpha value is -2.82. The maximum absolute atomic E-state index is 5.97. The summed E-state index contributed by atoms with van der Waals surface area (Å²) in [6, 6.07) is 27.3. The number of hydrogen-bond acceptors (Lipinski definition) is 4. The van der Waals surface area contributed by atoms with Crippen molar-refractivity contribution < 1.29 is 4.74 Å². The largest absolute Gasteiger partial charge is 0.493 e. The van der Waals surface area contributed by atoms with Gasteiger partial charge in [0.1, 0.15) is 5.75 Å². The lowest BCUT2D eigenvalue weighted by Gasteiger charge is -2.13. The van der Waals surface area contributed by atoms with E-state index in [0.717, 1.165) is 24.3 Å². The summed E-state index contributed by atoms with van der Waals surface area (Å²) in [6.45, 7) is 0.676. The number of nitrogen functional groups attached to an aromatic ring is 1. The Labute approximate surface area is 160 Å². The molecule has 2 unspecified atom stereocenters. The minimum absolute atomic E-state index is 0.245. The van der Waals surface area contributed by atoms with Crippen LogP contribution in [0.5, 0.6) is 5.75 Å². The zero-order chi connectivity index (χ0) is 18.5. The van der Waals surface area contributed by atoms with Gasteiger partial charge in [0.05, 0.1) is 6.61 Å². The van der Waals surface area contributed by atoms with Crippen LogP contribution in [0.15, 0.2) is 78.9 Å². The van der Waals surface area contributed by atoms with E-state index in [4.69, 9.17) is 10.5 Å². The Balaban J connectivity index is 1.36. The monoisotopic (exact) mass is 359 g/mol. The topological polar surface area (TPSA) is 59.3 Å². The highest BCUT2D eigenvalue weighted by molar-refractivity contribution is 5.42. The molecule has 4 N–H and O–H groups in total. The first-order chi connectivity index (χ1) is 13.3. The Bertz CT molecular complexity index is 882. The summed E-state index contributed by atoms with van der Waals surface area (Å²) in [5.74, 6) is 0.914. The minimum Gasteiger partial charge on any atom is -0.493 e. The highest BCUT2D eigenvalue weighted by Gasteiger charge is 2.26. The Kier molecular flexibility index (Phi) is 5.37. The van der Waals surface area contributed by atoms with E-state index in [0.29, 0.717) is 6.61 Å². The van der Waals surface area contributed by atoms with Crippen LogP contribution in [-0.2, 0) is 6.42 Å². The van der Waals surface area contributed by atoms with Crippen molar-refractivity contribution in [3.8, 4) is 5.75 Å². The van der Waals surface area contributed by atoms with Crippen LogP contribution >= 0.6 is 0 Å². The lowest BCUT2D eigenvalue weighted by Crippen LogP contribution is -2.26.